The van der Waals surface area contributed by atoms with Crippen molar-refractivity contribution in [2.75, 3.05) is 20.1 Å². The van der Waals surface area contributed by atoms with Crippen LogP contribution in [0.25, 0.3) is 0 Å². The zero-order chi connectivity index (χ0) is 15.5. The molecular weight excluding hydrogens is 250 g/mol. The molecule has 0 radical (unpaired) electrons. The van der Waals surface area contributed by atoms with Gasteiger partial charge in [0.05, 0.1) is 0 Å². The van der Waals surface area contributed by atoms with E-state index in [1.54, 1.807) is 0 Å². The third-order valence-electron chi connectivity index (χ3n) is 5.46. The highest BCUT2D eigenvalue weighted by atomic mass is 16.1. The van der Waals surface area contributed by atoms with Crippen LogP contribution in [0, 0.1) is 17.3 Å². The van der Waals surface area contributed by atoms with Gasteiger partial charge in [-0.1, -0.05) is 20.8 Å². The van der Waals surface area contributed by atoms with Gasteiger partial charge < -0.3 is 16.0 Å². The van der Waals surface area contributed by atoms with E-state index in [-0.39, 0.29) is 23.3 Å². The lowest BCUT2D eigenvalue weighted by Crippen LogP contribution is -2.52. The number of carbonyl (C=O) groups is 1. The maximum atomic E-state index is 12.4. The Morgan fingerprint density at radius 2 is 2.00 bits per heavy atom. The van der Waals surface area contributed by atoms with E-state index in [2.05, 4.69) is 51.9 Å². The summed E-state index contributed by atoms with van der Waals surface area (Å²) in [6, 6.07) is 0.733. The first-order valence-electron chi connectivity index (χ1n) is 7.91. The average Bonchev–Trinajstić information content (AvgIpc) is 2.35. The van der Waals surface area contributed by atoms with Crippen LogP contribution in [0.4, 0.5) is 0 Å². The SMILES string of the molecule is CC(C)N(C)CCNC(=O)C1CCC(N)C(C)C1(C)C. The highest BCUT2D eigenvalue weighted by molar-refractivity contribution is 5.79. The fourth-order valence-electron chi connectivity index (χ4n) is 3.06. The van der Waals surface area contributed by atoms with Crippen molar-refractivity contribution in [1.82, 2.24) is 10.2 Å². The lowest BCUT2D eigenvalue weighted by atomic mass is 9.61. The molecule has 4 heteroatoms. The highest BCUT2D eigenvalue weighted by Gasteiger charge is 2.44. The Labute approximate surface area is 124 Å². The van der Waals surface area contributed by atoms with Crippen molar-refractivity contribution in [1.29, 1.82) is 0 Å². The summed E-state index contributed by atoms with van der Waals surface area (Å²) in [6.45, 7) is 12.5. The van der Waals surface area contributed by atoms with Gasteiger partial charge in [-0.25, -0.2) is 0 Å². The van der Waals surface area contributed by atoms with E-state index in [0.29, 0.717) is 12.0 Å². The molecule has 0 spiro atoms. The van der Waals surface area contributed by atoms with Crippen LogP contribution in [0.2, 0.25) is 0 Å². The number of hydrogen-bond donors (Lipinski definition) is 2. The molecule has 0 saturated heterocycles. The number of likely N-dealkylation sites (N-methyl/N-ethyl adjacent to an activating group) is 1. The van der Waals surface area contributed by atoms with Gasteiger partial charge >= 0.3 is 0 Å². The fourth-order valence-corrected chi connectivity index (χ4v) is 3.06. The Hall–Kier alpha value is -0.610. The predicted molar refractivity (Wildman–Crippen MR) is 84.4 cm³/mol. The molecule has 1 aliphatic carbocycles. The standard InChI is InChI=1S/C16H33N3O/c1-11(2)19(6)10-9-18-15(20)13-7-8-14(17)12(3)16(13,4)5/h11-14H,7-10,17H2,1-6H3,(H,18,20). The van der Waals surface area contributed by atoms with Gasteiger partial charge in [-0.15, -0.1) is 0 Å². The molecule has 0 bridgehead atoms. The van der Waals surface area contributed by atoms with Crippen molar-refractivity contribution in [2.45, 2.75) is 59.5 Å². The molecule has 3 atom stereocenters. The fraction of sp³-hybridized carbons (Fsp3) is 0.938. The minimum atomic E-state index is -0.0221. The van der Waals surface area contributed by atoms with Crippen LogP contribution in [0.15, 0.2) is 0 Å². The summed E-state index contributed by atoms with van der Waals surface area (Å²) in [5.41, 5.74) is 6.13. The Morgan fingerprint density at radius 1 is 1.40 bits per heavy atom. The van der Waals surface area contributed by atoms with Crippen LogP contribution in [0.5, 0.6) is 0 Å². The molecular formula is C16H33N3O. The summed E-state index contributed by atoms with van der Waals surface area (Å²) in [5.74, 6) is 0.665. The van der Waals surface area contributed by atoms with E-state index >= 15 is 0 Å². The molecule has 1 rings (SSSR count). The summed E-state index contributed by atoms with van der Waals surface area (Å²) >= 11 is 0. The third-order valence-corrected chi connectivity index (χ3v) is 5.46. The van der Waals surface area contributed by atoms with E-state index in [4.69, 9.17) is 5.73 Å². The summed E-state index contributed by atoms with van der Waals surface area (Å²) in [6.07, 6.45) is 1.86. The van der Waals surface area contributed by atoms with Gasteiger partial charge in [0.15, 0.2) is 0 Å². The Bertz CT molecular complexity index is 328. The first-order valence-corrected chi connectivity index (χ1v) is 7.91. The summed E-state index contributed by atoms with van der Waals surface area (Å²) in [4.78, 5) is 14.7. The van der Waals surface area contributed by atoms with Crippen LogP contribution >= 0.6 is 0 Å². The van der Waals surface area contributed by atoms with E-state index in [1.807, 2.05) is 0 Å². The molecule has 0 aromatic carbocycles. The monoisotopic (exact) mass is 283 g/mol. The molecule has 1 saturated carbocycles. The highest BCUT2D eigenvalue weighted by Crippen LogP contribution is 2.44. The van der Waals surface area contributed by atoms with Gasteiger partial charge in [0.1, 0.15) is 0 Å². The zero-order valence-corrected chi connectivity index (χ0v) is 14.1. The maximum Gasteiger partial charge on any atom is 0.223 e. The summed E-state index contributed by atoms with van der Waals surface area (Å²) in [7, 11) is 2.09. The van der Waals surface area contributed by atoms with Crippen molar-refractivity contribution in [2.24, 2.45) is 23.0 Å². The number of nitrogens with one attached hydrogen (secondary N) is 1. The second kappa shape index (κ2) is 6.90. The minimum absolute atomic E-state index is 0.0221. The number of carbonyl (C=O) groups excluding carboxylic acids is 1. The Morgan fingerprint density at radius 3 is 2.55 bits per heavy atom. The third kappa shape index (κ3) is 3.95. The molecule has 4 nitrogen and oxygen atoms in total. The van der Waals surface area contributed by atoms with Gasteiger partial charge in [-0.3, -0.25) is 4.79 Å². The maximum absolute atomic E-state index is 12.4. The van der Waals surface area contributed by atoms with Gasteiger partial charge in [0, 0.05) is 31.1 Å². The first-order chi connectivity index (χ1) is 9.17. The average molecular weight is 283 g/mol. The smallest absolute Gasteiger partial charge is 0.223 e. The number of amides is 1. The quantitative estimate of drug-likeness (QED) is 0.809. The van der Waals surface area contributed by atoms with Gasteiger partial charge in [0.2, 0.25) is 5.91 Å². The summed E-state index contributed by atoms with van der Waals surface area (Å²) < 4.78 is 0. The topological polar surface area (TPSA) is 58.4 Å². The van der Waals surface area contributed by atoms with E-state index in [9.17, 15) is 4.79 Å². The normalized spacial score (nSPS) is 29.8. The molecule has 0 aromatic heterocycles. The van der Waals surface area contributed by atoms with Gasteiger partial charge in [0.25, 0.3) is 0 Å². The van der Waals surface area contributed by atoms with Crippen LogP contribution < -0.4 is 11.1 Å². The molecule has 1 aliphatic rings. The molecule has 0 aromatic rings. The predicted octanol–water partition coefficient (Wildman–Crippen LogP) is 1.84. The molecule has 3 unspecified atom stereocenters. The van der Waals surface area contributed by atoms with Gasteiger partial charge in [-0.2, -0.15) is 0 Å². The minimum Gasteiger partial charge on any atom is -0.355 e. The molecule has 3 N–H and O–H groups in total. The molecule has 1 amide bonds. The van der Waals surface area contributed by atoms with Crippen LogP contribution in [-0.4, -0.2) is 43.0 Å². The number of nitrogens with zero attached hydrogens (tertiary/aromatic N) is 1. The van der Waals surface area contributed by atoms with E-state index in [1.165, 1.54) is 0 Å². The van der Waals surface area contributed by atoms with E-state index < -0.39 is 0 Å². The van der Waals surface area contributed by atoms with Gasteiger partial charge in [-0.05, 0) is 45.1 Å². The largest absolute Gasteiger partial charge is 0.355 e. The van der Waals surface area contributed by atoms with Crippen LogP contribution in [-0.2, 0) is 4.79 Å². The number of nitrogens with two attached hydrogens (primary N) is 1. The lowest BCUT2D eigenvalue weighted by molar-refractivity contribution is -0.132. The van der Waals surface area contributed by atoms with Crippen LogP contribution in [0.3, 0.4) is 0 Å². The first kappa shape index (κ1) is 17.4. The van der Waals surface area contributed by atoms with Crippen molar-refractivity contribution in [3.63, 3.8) is 0 Å². The summed E-state index contributed by atoms with van der Waals surface area (Å²) in [5, 5.41) is 3.11. The van der Waals surface area contributed by atoms with Crippen molar-refractivity contribution < 1.29 is 4.79 Å². The molecule has 1 fully saturated rings. The van der Waals surface area contributed by atoms with E-state index in [0.717, 1.165) is 25.9 Å². The second-order valence-electron chi connectivity index (χ2n) is 7.27. The Kier molecular flexibility index (Phi) is 6.02. The second-order valence-corrected chi connectivity index (χ2v) is 7.27. The van der Waals surface area contributed by atoms with Crippen LogP contribution in [0.1, 0.15) is 47.5 Å². The van der Waals surface area contributed by atoms with Crippen molar-refractivity contribution in [3.8, 4) is 0 Å². The molecule has 0 aliphatic heterocycles. The Balaban J connectivity index is 2.51. The molecule has 20 heavy (non-hydrogen) atoms. The number of hydrogen-bond acceptors (Lipinski definition) is 3. The molecule has 118 valence electrons. The van der Waals surface area contributed by atoms with Crippen molar-refractivity contribution in [3.05, 3.63) is 0 Å². The van der Waals surface area contributed by atoms with Crippen molar-refractivity contribution >= 4 is 5.91 Å². The molecule has 0 heterocycles. The lowest BCUT2D eigenvalue weighted by Gasteiger charge is -2.46. The number of rotatable bonds is 5. The zero-order valence-electron chi connectivity index (χ0n) is 14.1.